The summed E-state index contributed by atoms with van der Waals surface area (Å²) >= 11 is 3.22. The fourth-order valence-corrected chi connectivity index (χ4v) is 0.958. The number of nitrogens with zero attached hydrogens (tertiary/aromatic N) is 1. The average molecular weight is 229 g/mol. The Morgan fingerprint density at radius 1 is 1.67 bits per heavy atom. The van der Waals surface area contributed by atoms with Crippen molar-refractivity contribution in [3.63, 3.8) is 0 Å². The van der Waals surface area contributed by atoms with Gasteiger partial charge in [-0.05, 0) is 12.1 Å². The molecule has 1 rings (SSSR count). The number of alkyl halides is 1. The third-order valence-electron chi connectivity index (χ3n) is 1.30. The first-order valence-corrected chi connectivity index (χ1v) is 4.71. The maximum atomic E-state index is 11.2. The zero-order valence-corrected chi connectivity index (χ0v) is 8.04. The third kappa shape index (κ3) is 2.62. The molecule has 1 aromatic rings. The largest absolute Gasteiger partial charge is 0.351 e. The van der Waals surface area contributed by atoms with Crippen molar-refractivity contribution >= 4 is 21.8 Å². The van der Waals surface area contributed by atoms with Crippen LogP contribution in [0.1, 0.15) is 10.4 Å². The van der Waals surface area contributed by atoms with Crippen molar-refractivity contribution in [3.05, 3.63) is 30.1 Å². The molecule has 0 aliphatic rings. The molecular formula is C8H9BrN2O. The number of carbonyl (C=O) groups excluding carboxylic acids is 1. The zero-order chi connectivity index (χ0) is 8.81. The summed E-state index contributed by atoms with van der Waals surface area (Å²) in [5.74, 6) is -0.0810. The van der Waals surface area contributed by atoms with Crippen molar-refractivity contribution in [1.29, 1.82) is 0 Å². The van der Waals surface area contributed by atoms with E-state index < -0.39 is 0 Å². The van der Waals surface area contributed by atoms with Gasteiger partial charge < -0.3 is 5.32 Å². The molecule has 0 atom stereocenters. The second kappa shape index (κ2) is 4.87. The van der Waals surface area contributed by atoms with Crippen molar-refractivity contribution in [1.82, 2.24) is 10.3 Å². The highest BCUT2D eigenvalue weighted by atomic mass is 79.9. The van der Waals surface area contributed by atoms with Crippen LogP contribution in [-0.2, 0) is 0 Å². The summed E-state index contributed by atoms with van der Waals surface area (Å²) < 4.78 is 0. The van der Waals surface area contributed by atoms with Gasteiger partial charge in [-0.15, -0.1) is 0 Å². The lowest BCUT2D eigenvalue weighted by molar-refractivity contribution is 0.0956. The fourth-order valence-electron chi connectivity index (χ4n) is 0.760. The van der Waals surface area contributed by atoms with E-state index in [-0.39, 0.29) is 5.91 Å². The zero-order valence-electron chi connectivity index (χ0n) is 6.46. The van der Waals surface area contributed by atoms with Crippen LogP contribution in [0.5, 0.6) is 0 Å². The molecule has 1 N–H and O–H groups in total. The minimum absolute atomic E-state index is 0.0810. The summed E-state index contributed by atoms with van der Waals surface area (Å²) in [6.07, 6.45) is 3.19. The Morgan fingerprint density at radius 2 is 2.50 bits per heavy atom. The van der Waals surface area contributed by atoms with E-state index in [1.807, 2.05) is 0 Å². The van der Waals surface area contributed by atoms with Crippen molar-refractivity contribution in [2.45, 2.75) is 0 Å². The van der Waals surface area contributed by atoms with Gasteiger partial charge in [0.2, 0.25) is 0 Å². The third-order valence-corrected chi connectivity index (χ3v) is 1.70. The van der Waals surface area contributed by atoms with Gasteiger partial charge in [0.05, 0.1) is 5.56 Å². The van der Waals surface area contributed by atoms with Gasteiger partial charge >= 0.3 is 0 Å². The first-order valence-electron chi connectivity index (χ1n) is 3.59. The Labute approximate surface area is 79.3 Å². The van der Waals surface area contributed by atoms with Crippen LogP contribution in [0.4, 0.5) is 0 Å². The van der Waals surface area contributed by atoms with Crippen molar-refractivity contribution < 1.29 is 4.79 Å². The molecule has 0 saturated carbocycles. The molecule has 0 radical (unpaired) electrons. The smallest absolute Gasteiger partial charge is 0.252 e. The molecule has 64 valence electrons. The summed E-state index contributed by atoms with van der Waals surface area (Å²) in [5.41, 5.74) is 0.596. The molecule has 0 aliphatic carbocycles. The second-order valence-electron chi connectivity index (χ2n) is 2.19. The van der Waals surface area contributed by atoms with Crippen LogP contribution in [0, 0.1) is 0 Å². The Bertz CT molecular complexity index is 250. The summed E-state index contributed by atoms with van der Waals surface area (Å²) in [4.78, 5) is 15.1. The van der Waals surface area contributed by atoms with Gasteiger partial charge in [-0.1, -0.05) is 15.9 Å². The lowest BCUT2D eigenvalue weighted by atomic mass is 10.3. The van der Waals surface area contributed by atoms with E-state index in [9.17, 15) is 4.79 Å². The van der Waals surface area contributed by atoms with E-state index in [0.29, 0.717) is 12.1 Å². The lowest BCUT2D eigenvalue weighted by Crippen LogP contribution is -2.25. The molecule has 1 heterocycles. The molecule has 0 aromatic carbocycles. The molecule has 1 aromatic heterocycles. The van der Waals surface area contributed by atoms with Gasteiger partial charge in [0.25, 0.3) is 5.91 Å². The van der Waals surface area contributed by atoms with E-state index in [2.05, 4.69) is 26.2 Å². The van der Waals surface area contributed by atoms with Crippen molar-refractivity contribution in [2.24, 2.45) is 0 Å². The number of hydrogen-bond donors (Lipinski definition) is 1. The minimum Gasteiger partial charge on any atom is -0.351 e. The molecule has 12 heavy (non-hydrogen) atoms. The fraction of sp³-hybridized carbons (Fsp3) is 0.250. The molecule has 0 unspecified atom stereocenters. The quantitative estimate of drug-likeness (QED) is 0.791. The van der Waals surface area contributed by atoms with Crippen LogP contribution in [0.3, 0.4) is 0 Å². The van der Waals surface area contributed by atoms with Gasteiger partial charge in [0, 0.05) is 24.3 Å². The van der Waals surface area contributed by atoms with E-state index in [0.717, 1.165) is 5.33 Å². The predicted molar refractivity (Wildman–Crippen MR) is 50.4 cm³/mol. The number of pyridine rings is 1. The average Bonchev–Trinajstić information content (AvgIpc) is 2.15. The van der Waals surface area contributed by atoms with E-state index >= 15 is 0 Å². The first-order chi connectivity index (χ1) is 5.84. The summed E-state index contributed by atoms with van der Waals surface area (Å²) in [7, 11) is 0. The van der Waals surface area contributed by atoms with E-state index in [1.165, 1.54) is 0 Å². The lowest BCUT2D eigenvalue weighted by Gasteiger charge is -2.00. The Balaban J connectivity index is 2.54. The summed E-state index contributed by atoms with van der Waals surface area (Å²) in [6, 6.07) is 3.47. The maximum Gasteiger partial charge on any atom is 0.252 e. The highest BCUT2D eigenvalue weighted by Gasteiger charge is 2.01. The molecule has 0 bridgehead atoms. The molecule has 1 amide bonds. The number of halogens is 1. The number of hydrogen-bond acceptors (Lipinski definition) is 2. The summed E-state index contributed by atoms with van der Waals surface area (Å²) in [6.45, 7) is 0.633. The SMILES string of the molecule is O=C(NCCBr)c1cccnc1. The standard InChI is InChI=1S/C8H9BrN2O/c9-3-5-11-8(12)7-2-1-4-10-6-7/h1-2,4,6H,3,5H2,(H,11,12). The summed E-state index contributed by atoms with van der Waals surface area (Å²) in [5, 5.41) is 3.49. The van der Waals surface area contributed by atoms with Crippen LogP contribution in [0.2, 0.25) is 0 Å². The predicted octanol–water partition coefficient (Wildman–Crippen LogP) is 1.21. The van der Waals surface area contributed by atoms with Crippen LogP contribution in [0.15, 0.2) is 24.5 Å². The Morgan fingerprint density at radius 3 is 3.08 bits per heavy atom. The molecule has 0 saturated heterocycles. The number of carbonyl (C=O) groups is 1. The Kier molecular flexibility index (Phi) is 3.73. The number of aromatic nitrogens is 1. The second-order valence-corrected chi connectivity index (χ2v) is 2.98. The monoisotopic (exact) mass is 228 g/mol. The first kappa shape index (κ1) is 9.19. The highest BCUT2D eigenvalue weighted by Crippen LogP contribution is 1.94. The highest BCUT2D eigenvalue weighted by molar-refractivity contribution is 9.09. The van der Waals surface area contributed by atoms with Gasteiger partial charge in [0.15, 0.2) is 0 Å². The molecule has 3 nitrogen and oxygen atoms in total. The molecule has 4 heteroatoms. The molecule has 0 spiro atoms. The number of rotatable bonds is 3. The Hall–Kier alpha value is -0.900. The van der Waals surface area contributed by atoms with Gasteiger partial charge in [0.1, 0.15) is 0 Å². The van der Waals surface area contributed by atoms with Crippen molar-refractivity contribution in [2.75, 3.05) is 11.9 Å². The van der Waals surface area contributed by atoms with Crippen LogP contribution < -0.4 is 5.32 Å². The number of amides is 1. The van der Waals surface area contributed by atoms with Crippen LogP contribution in [0.25, 0.3) is 0 Å². The molecular weight excluding hydrogens is 220 g/mol. The van der Waals surface area contributed by atoms with E-state index in [4.69, 9.17) is 0 Å². The molecule has 0 fully saturated rings. The number of nitrogens with one attached hydrogen (secondary N) is 1. The normalized spacial score (nSPS) is 9.42. The van der Waals surface area contributed by atoms with Crippen LogP contribution in [-0.4, -0.2) is 22.8 Å². The minimum atomic E-state index is -0.0810. The topological polar surface area (TPSA) is 42.0 Å². The van der Waals surface area contributed by atoms with Crippen molar-refractivity contribution in [3.8, 4) is 0 Å². The van der Waals surface area contributed by atoms with Gasteiger partial charge in [-0.2, -0.15) is 0 Å². The molecule has 0 aliphatic heterocycles. The van der Waals surface area contributed by atoms with Crippen LogP contribution >= 0.6 is 15.9 Å². The van der Waals surface area contributed by atoms with E-state index in [1.54, 1.807) is 24.5 Å². The van der Waals surface area contributed by atoms with Gasteiger partial charge in [-0.25, -0.2) is 0 Å². The van der Waals surface area contributed by atoms with Gasteiger partial charge in [-0.3, -0.25) is 9.78 Å². The maximum absolute atomic E-state index is 11.2.